The van der Waals surface area contributed by atoms with E-state index in [1.165, 1.54) is 0 Å². The average molecular weight is 685 g/mol. The number of aromatic amines is 1. The van der Waals surface area contributed by atoms with E-state index in [-0.39, 0.29) is 29.7 Å². The molecule has 1 N–H and O–H groups in total. The highest BCUT2D eigenvalue weighted by atomic mass is 32.2. The van der Waals surface area contributed by atoms with Crippen LogP contribution in [0.5, 0.6) is 11.5 Å². The predicted molar refractivity (Wildman–Crippen MR) is 190 cm³/mol. The Bertz CT molecular complexity index is 1870. The molecule has 0 saturated carbocycles. The number of ether oxygens (including phenoxy) is 5. The summed E-state index contributed by atoms with van der Waals surface area (Å²) in [5, 5.41) is 0. The number of rotatable bonds is 14. The minimum Gasteiger partial charge on any atom is -0.497 e. The van der Waals surface area contributed by atoms with Gasteiger partial charge in [-0.3, -0.25) is 14.3 Å². The van der Waals surface area contributed by atoms with Crippen molar-refractivity contribution in [3.8, 4) is 11.5 Å². The minimum absolute atomic E-state index is 0.174. The lowest BCUT2D eigenvalue weighted by Gasteiger charge is -2.37. The van der Waals surface area contributed by atoms with Gasteiger partial charge in [0, 0.05) is 20.5 Å². The smallest absolute Gasteiger partial charge is 0.280 e. The first-order valence-corrected chi connectivity index (χ1v) is 17.2. The molecular formula is C36H40N6O6S. The largest absolute Gasteiger partial charge is 0.497 e. The van der Waals surface area contributed by atoms with Crippen LogP contribution in [0, 0.1) is 0 Å². The molecule has 2 aromatic heterocycles. The van der Waals surface area contributed by atoms with E-state index in [1.54, 1.807) is 48.1 Å². The summed E-state index contributed by atoms with van der Waals surface area (Å²) in [7, 11) is 6.97. The monoisotopic (exact) mass is 684 g/mol. The van der Waals surface area contributed by atoms with E-state index in [1.807, 2.05) is 87.1 Å². The summed E-state index contributed by atoms with van der Waals surface area (Å²) in [6.07, 6.45) is 4.33. The molecule has 1 aliphatic rings. The number of aromatic nitrogens is 4. The molecule has 6 rings (SSSR count). The zero-order valence-electron chi connectivity index (χ0n) is 28.1. The number of fused-ring (bicyclic) bond motifs is 1. The molecule has 256 valence electrons. The Morgan fingerprint density at radius 2 is 1.63 bits per heavy atom. The molecule has 0 aliphatic carbocycles. The van der Waals surface area contributed by atoms with Crippen molar-refractivity contribution in [1.29, 1.82) is 0 Å². The van der Waals surface area contributed by atoms with Gasteiger partial charge in [-0.1, -0.05) is 54.6 Å². The van der Waals surface area contributed by atoms with Crippen molar-refractivity contribution in [1.82, 2.24) is 24.4 Å². The molecule has 1 fully saturated rings. The fraction of sp³-hybridized carbons (Fsp3) is 0.333. The summed E-state index contributed by atoms with van der Waals surface area (Å²) in [5.74, 6) is 2.13. The molecule has 49 heavy (non-hydrogen) atoms. The van der Waals surface area contributed by atoms with Crippen LogP contribution < -0.4 is 15.0 Å². The molecule has 3 atom stereocenters. The number of nitrogens with one attached hydrogen (secondary N) is 1. The Hall–Kier alpha value is -4.69. The zero-order valence-corrected chi connectivity index (χ0v) is 28.9. The Kier molecular flexibility index (Phi) is 10.6. The quantitative estimate of drug-likeness (QED) is 0.0708. The summed E-state index contributed by atoms with van der Waals surface area (Å²) in [5.41, 5.74) is 1.94. The second-order valence-corrected chi connectivity index (χ2v) is 12.5. The molecule has 13 heteroatoms. The normalized spacial score (nSPS) is 17.9. The third-order valence-electron chi connectivity index (χ3n) is 8.36. The molecule has 3 aromatic carbocycles. The first-order chi connectivity index (χ1) is 23.9. The Morgan fingerprint density at radius 1 is 1.00 bits per heavy atom. The maximum absolute atomic E-state index is 12.9. The van der Waals surface area contributed by atoms with Gasteiger partial charge >= 0.3 is 0 Å². The highest BCUT2D eigenvalue weighted by Crippen LogP contribution is 2.43. The highest BCUT2D eigenvalue weighted by molar-refractivity contribution is 7.98. The second kappa shape index (κ2) is 15.2. The van der Waals surface area contributed by atoms with Gasteiger partial charge in [-0.15, -0.1) is 11.8 Å². The Labute approximate surface area is 289 Å². The molecule has 1 unspecified atom stereocenters. The van der Waals surface area contributed by atoms with E-state index >= 15 is 0 Å². The van der Waals surface area contributed by atoms with Crippen molar-refractivity contribution >= 4 is 35.2 Å². The van der Waals surface area contributed by atoms with E-state index < -0.39 is 17.9 Å². The molecule has 5 aromatic rings. The predicted octanol–water partition coefficient (Wildman–Crippen LogP) is 5.36. The number of methoxy groups -OCH3 is 2. The van der Waals surface area contributed by atoms with Gasteiger partial charge in [-0.2, -0.15) is 4.98 Å². The van der Waals surface area contributed by atoms with E-state index in [0.717, 1.165) is 28.2 Å². The van der Waals surface area contributed by atoms with E-state index in [0.29, 0.717) is 18.0 Å². The molecule has 0 amide bonds. The summed E-state index contributed by atoms with van der Waals surface area (Å²) in [4.78, 5) is 30.6. The van der Waals surface area contributed by atoms with Crippen LogP contribution in [0.3, 0.4) is 0 Å². The van der Waals surface area contributed by atoms with Crippen molar-refractivity contribution in [3.63, 3.8) is 0 Å². The second-order valence-electron chi connectivity index (χ2n) is 11.7. The van der Waals surface area contributed by atoms with Crippen LogP contribution in [0.1, 0.15) is 29.3 Å². The van der Waals surface area contributed by atoms with Gasteiger partial charge in [0.05, 0.1) is 45.5 Å². The van der Waals surface area contributed by atoms with Crippen LogP contribution in [-0.2, 0) is 19.8 Å². The Balaban J connectivity index is 1.38. The van der Waals surface area contributed by atoms with Crippen LogP contribution in [0.2, 0.25) is 0 Å². The summed E-state index contributed by atoms with van der Waals surface area (Å²) in [6, 6.07) is 25.9. The first-order valence-electron chi connectivity index (χ1n) is 15.8. The number of hydrogen-bond donors (Lipinski definition) is 1. The first kappa shape index (κ1) is 34.2. The number of H-pyrrole nitrogens is 1. The number of imidazole rings is 1. The van der Waals surface area contributed by atoms with E-state index in [4.69, 9.17) is 23.7 Å². The lowest BCUT2D eigenvalue weighted by molar-refractivity contribution is -0.0991. The van der Waals surface area contributed by atoms with Gasteiger partial charge in [-0.05, 0) is 47.2 Å². The molecule has 3 heterocycles. The lowest BCUT2D eigenvalue weighted by Crippen LogP contribution is -2.38. The van der Waals surface area contributed by atoms with Crippen LogP contribution in [-0.4, -0.2) is 90.1 Å². The van der Waals surface area contributed by atoms with E-state index in [9.17, 15) is 4.79 Å². The van der Waals surface area contributed by atoms with Crippen molar-refractivity contribution in [2.45, 2.75) is 30.5 Å². The molecule has 0 spiro atoms. The minimum atomic E-state index is -1.03. The third-order valence-corrected chi connectivity index (χ3v) is 8.73. The number of nitrogens with zero attached hydrogens (tertiary/aromatic N) is 5. The van der Waals surface area contributed by atoms with E-state index in [2.05, 4.69) is 32.1 Å². The molecule has 0 bridgehead atoms. The summed E-state index contributed by atoms with van der Waals surface area (Å²) in [6.45, 7) is 0.182. The van der Waals surface area contributed by atoms with Gasteiger partial charge < -0.3 is 28.6 Å². The van der Waals surface area contributed by atoms with Gasteiger partial charge in [0.15, 0.2) is 11.2 Å². The van der Waals surface area contributed by atoms with Crippen LogP contribution in [0.15, 0.2) is 95.0 Å². The maximum atomic E-state index is 12.9. The SMILES string of the molecule is COc1ccc(C(OC[C@H]2O[C@@H](n3cnc4c(=O)[nH]c(/N=C\N(C)C)nc43)CC2OCSC)(c2ccccc2)c2ccc(OC)cc2)cc1. The fourth-order valence-electron chi connectivity index (χ4n) is 5.99. The standard InChI is InChI=1S/C36H40N6O6S/c1-41(2)21-38-35-39-33-32(34(43)40-35)37-22-42(33)31-19-29(46-23-49-5)30(48-31)20-47-36(24-9-7-6-8-10-24,25-11-15-27(44-3)16-12-25)26-13-17-28(45-4)18-14-26/h6-18,21-22,29-31H,19-20,23H2,1-5H3,(H,39,40,43)/b38-21-/t29?,30-,31-/m1/s1. The number of aliphatic imine (C=N–C) groups is 1. The van der Waals surface area contributed by atoms with Crippen molar-refractivity contribution < 1.29 is 23.7 Å². The van der Waals surface area contributed by atoms with Crippen LogP contribution in [0.25, 0.3) is 11.2 Å². The van der Waals surface area contributed by atoms with Crippen LogP contribution >= 0.6 is 11.8 Å². The van der Waals surface area contributed by atoms with Crippen molar-refractivity contribution in [2.75, 3.05) is 47.1 Å². The fourth-order valence-corrected chi connectivity index (χ4v) is 6.30. The molecule has 12 nitrogen and oxygen atoms in total. The van der Waals surface area contributed by atoms with Crippen molar-refractivity contribution in [2.24, 2.45) is 4.99 Å². The average Bonchev–Trinajstić information content (AvgIpc) is 3.75. The third kappa shape index (κ3) is 7.20. The number of benzene rings is 3. The zero-order chi connectivity index (χ0) is 34.4. The van der Waals surface area contributed by atoms with Gasteiger partial charge in [0.25, 0.3) is 5.56 Å². The van der Waals surface area contributed by atoms with Gasteiger partial charge in [0.2, 0.25) is 5.95 Å². The topological polar surface area (TPSA) is 125 Å². The molecule has 1 saturated heterocycles. The van der Waals surface area contributed by atoms with Gasteiger partial charge in [0.1, 0.15) is 29.4 Å². The Morgan fingerprint density at radius 3 is 2.22 bits per heavy atom. The number of thioether (sulfide) groups is 1. The molecule has 0 radical (unpaired) electrons. The van der Waals surface area contributed by atoms with Crippen molar-refractivity contribution in [3.05, 3.63) is 112 Å². The summed E-state index contributed by atoms with van der Waals surface area (Å²) >= 11 is 1.59. The van der Waals surface area contributed by atoms with Gasteiger partial charge in [-0.25, -0.2) is 9.98 Å². The number of hydrogen-bond acceptors (Lipinski definition) is 10. The lowest BCUT2D eigenvalue weighted by atomic mass is 9.80. The van der Waals surface area contributed by atoms with Crippen LogP contribution in [0.4, 0.5) is 5.95 Å². The molecule has 1 aliphatic heterocycles. The molecular weight excluding hydrogens is 644 g/mol. The summed E-state index contributed by atoms with van der Waals surface area (Å²) < 4.78 is 33.0. The maximum Gasteiger partial charge on any atom is 0.280 e. The highest BCUT2D eigenvalue weighted by Gasteiger charge is 2.43.